The third-order valence-corrected chi connectivity index (χ3v) is 3.58. The van der Waals surface area contributed by atoms with Crippen LogP contribution in [0.3, 0.4) is 0 Å². The van der Waals surface area contributed by atoms with Gasteiger partial charge in [-0.25, -0.2) is 0 Å². The monoisotopic (exact) mass is 306 g/mol. The molecule has 1 aromatic rings. The molecule has 1 aromatic carbocycles. The van der Waals surface area contributed by atoms with Gasteiger partial charge in [-0.1, -0.05) is 0 Å². The maximum atomic E-state index is 12.1. The van der Waals surface area contributed by atoms with E-state index in [-0.39, 0.29) is 31.0 Å². The van der Waals surface area contributed by atoms with Gasteiger partial charge < -0.3 is 20.7 Å². The Morgan fingerprint density at radius 2 is 2.09 bits per heavy atom. The average molecular weight is 306 g/mol. The topological polar surface area (TPSA) is 87.9 Å². The molecule has 0 unspecified atom stereocenters. The van der Waals surface area contributed by atoms with Crippen molar-refractivity contribution < 1.29 is 14.3 Å². The van der Waals surface area contributed by atoms with Crippen molar-refractivity contribution in [2.24, 2.45) is 5.73 Å². The third-order valence-electron chi connectivity index (χ3n) is 3.58. The van der Waals surface area contributed by atoms with E-state index in [0.717, 1.165) is 5.69 Å². The van der Waals surface area contributed by atoms with Gasteiger partial charge in [-0.2, -0.15) is 0 Å². The molecule has 0 aromatic heterocycles. The Morgan fingerprint density at radius 1 is 1.41 bits per heavy atom. The van der Waals surface area contributed by atoms with Crippen molar-refractivity contribution in [3.8, 4) is 0 Å². The van der Waals surface area contributed by atoms with Crippen LogP contribution in [0.4, 0.5) is 11.4 Å². The number of likely N-dealkylation sites (N-methyl/N-ethyl adjacent to an activating group) is 1. The van der Waals surface area contributed by atoms with Gasteiger partial charge in [0.05, 0.1) is 6.61 Å². The summed E-state index contributed by atoms with van der Waals surface area (Å²) in [6.45, 7) is 1.43. The normalized spacial score (nSPS) is 16.7. The number of ether oxygens (including phenoxy) is 1. The maximum absolute atomic E-state index is 12.1. The molecule has 7 heteroatoms. The molecular formula is C15H22N4O3. The molecule has 22 heavy (non-hydrogen) atoms. The Morgan fingerprint density at radius 3 is 2.64 bits per heavy atom. The molecule has 3 N–H and O–H groups in total. The van der Waals surface area contributed by atoms with E-state index in [2.05, 4.69) is 5.32 Å². The molecule has 0 aliphatic carbocycles. The zero-order chi connectivity index (χ0) is 16.1. The fourth-order valence-electron chi connectivity index (χ4n) is 2.29. The van der Waals surface area contributed by atoms with E-state index in [1.54, 1.807) is 21.9 Å². The van der Waals surface area contributed by atoms with Crippen molar-refractivity contribution in [2.75, 3.05) is 50.6 Å². The van der Waals surface area contributed by atoms with E-state index in [1.807, 2.05) is 26.2 Å². The summed E-state index contributed by atoms with van der Waals surface area (Å²) in [5.74, 6) is -0.207. The predicted molar refractivity (Wildman–Crippen MR) is 84.8 cm³/mol. The van der Waals surface area contributed by atoms with Crippen molar-refractivity contribution in [3.05, 3.63) is 24.3 Å². The summed E-state index contributed by atoms with van der Waals surface area (Å²) < 4.78 is 5.11. The number of anilines is 2. The van der Waals surface area contributed by atoms with Crippen molar-refractivity contribution in [3.63, 3.8) is 0 Å². The van der Waals surface area contributed by atoms with Gasteiger partial charge in [0.2, 0.25) is 5.91 Å². The molecule has 1 heterocycles. The highest BCUT2D eigenvalue weighted by atomic mass is 16.5. The van der Waals surface area contributed by atoms with E-state index in [1.165, 1.54) is 0 Å². The molecule has 1 atom stereocenters. The Labute approximate surface area is 130 Å². The van der Waals surface area contributed by atoms with Gasteiger partial charge in [-0.15, -0.1) is 0 Å². The summed E-state index contributed by atoms with van der Waals surface area (Å²) in [6, 6.07) is 6.80. The number of nitrogens with one attached hydrogen (secondary N) is 1. The van der Waals surface area contributed by atoms with Gasteiger partial charge in [0.15, 0.2) is 0 Å². The van der Waals surface area contributed by atoms with Crippen molar-refractivity contribution >= 4 is 23.2 Å². The molecule has 0 spiro atoms. The average Bonchev–Trinajstić information content (AvgIpc) is 2.49. The van der Waals surface area contributed by atoms with E-state index in [9.17, 15) is 9.59 Å². The summed E-state index contributed by atoms with van der Waals surface area (Å²) >= 11 is 0. The minimum atomic E-state index is -0.375. The molecule has 1 aliphatic rings. The number of hydrogen-bond acceptors (Lipinski definition) is 5. The molecule has 0 bridgehead atoms. The lowest BCUT2D eigenvalue weighted by molar-refractivity contribution is -0.125. The van der Waals surface area contributed by atoms with E-state index in [4.69, 9.17) is 10.5 Å². The zero-order valence-corrected chi connectivity index (χ0v) is 12.9. The lowest BCUT2D eigenvalue weighted by Gasteiger charge is -2.27. The fourth-order valence-corrected chi connectivity index (χ4v) is 2.29. The molecule has 1 fully saturated rings. The standard InChI is InChI=1S/C15H22N4O3/c1-18(2)13(9-16)15(21)17-11-3-5-12(6-4-11)19-7-8-22-10-14(19)20/h3-6,13H,7-10,16H2,1-2H3,(H,17,21)/t13-/m0/s1. The van der Waals surface area contributed by atoms with Crippen LogP contribution in [0, 0.1) is 0 Å². The summed E-state index contributed by atoms with van der Waals surface area (Å²) in [5.41, 5.74) is 7.08. The van der Waals surface area contributed by atoms with Crippen LogP contribution in [0.15, 0.2) is 24.3 Å². The molecule has 120 valence electrons. The Bertz CT molecular complexity index is 530. The minimum Gasteiger partial charge on any atom is -0.370 e. The number of nitrogens with zero attached hydrogens (tertiary/aromatic N) is 2. The molecule has 0 radical (unpaired) electrons. The summed E-state index contributed by atoms with van der Waals surface area (Å²) in [4.78, 5) is 27.3. The first kappa shape index (κ1) is 16.4. The predicted octanol–water partition coefficient (Wildman–Crippen LogP) is -0.123. The van der Waals surface area contributed by atoms with Gasteiger partial charge in [-0.3, -0.25) is 14.5 Å². The zero-order valence-electron chi connectivity index (χ0n) is 12.9. The quantitative estimate of drug-likeness (QED) is 0.792. The number of amides is 2. The van der Waals surface area contributed by atoms with Crippen LogP contribution in [-0.2, 0) is 14.3 Å². The largest absolute Gasteiger partial charge is 0.370 e. The van der Waals surface area contributed by atoms with E-state index >= 15 is 0 Å². The van der Waals surface area contributed by atoms with Crippen molar-refractivity contribution in [2.45, 2.75) is 6.04 Å². The second-order valence-corrected chi connectivity index (χ2v) is 5.35. The number of rotatable bonds is 5. The maximum Gasteiger partial charge on any atom is 0.253 e. The first-order valence-corrected chi connectivity index (χ1v) is 7.18. The highest BCUT2D eigenvalue weighted by Crippen LogP contribution is 2.19. The van der Waals surface area contributed by atoms with Crippen LogP contribution in [0.2, 0.25) is 0 Å². The SMILES string of the molecule is CN(C)[C@@H](CN)C(=O)Nc1ccc(N2CCOCC2=O)cc1. The second-order valence-electron chi connectivity index (χ2n) is 5.35. The molecular weight excluding hydrogens is 284 g/mol. The Hall–Kier alpha value is -1.96. The lowest BCUT2D eigenvalue weighted by atomic mass is 10.2. The van der Waals surface area contributed by atoms with Crippen LogP contribution >= 0.6 is 0 Å². The number of nitrogens with two attached hydrogens (primary N) is 1. The van der Waals surface area contributed by atoms with Crippen molar-refractivity contribution in [1.82, 2.24) is 4.90 Å². The molecule has 1 saturated heterocycles. The number of carbonyl (C=O) groups is 2. The summed E-state index contributed by atoms with van der Waals surface area (Å²) in [5, 5.41) is 2.83. The summed E-state index contributed by atoms with van der Waals surface area (Å²) in [6.07, 6.45) is 0. The molecule has 2 rings (SSSR count). The highest BCUT2D eigenvalue weighted by molar-refractivity contribution is 5.97. The van der Waals surface area contributed by atoms with Gasteiger partial charge in [0, 0.05) is 24.5 Å². The van der Waals surface area contributed by atoms with Crippen LogP contribution in [0.1, 0.15) is 0 Å². The Kier molecular flexibility index (Phi) is 5.48. The highest BCUT2D eigenvalue weighted by Gasteiger charge is 2.21. The number of benzene rings is 1. The molecule has 7 nitrogen and oxygen atoms in total. The fraction of sp³-hybridized carbons (Fsp3) is 0.467. The van der Waals surface area contributed by atoms with Gasteiger partial charge in [0.25, 0.3) is 5.91 Å². The van der Waals surface area contributed by atoms with E-state index < -0.39 is 0 Å². The number of hydrogen-bond donors (Lipinski definition) is 2. The van der Waals surface area contributed by atoms with Gasteiger partial charge >= 0.3 is 0 Å². The smallest absolute Gasteiger partial charge is 0.253 e. The van der Waals surface area contributed by atoms with Crippen LogP contribution in [0.5, 0.6) is 0 Å². The number of carbonyl (C=O) groups excluding carboxylic acids is 2. The number of morpholine rings is 1. The molecule has 1 aliphatic heterocycles. The molecule has 0 saturated carbocycles. The molecule has 2 amide bonds. The van der Waals surface area contributed by atoms with E-state index in [0.29, 0.717) is 18.8 Å². The first-order valence-electron chi connectivity index (χ1n) is 7.18. The minimum absolute atomic E-state index is 0.0566. The second kappa shape index (κ2) is 7.35. The lowest BCUT2D eigenvalue weighted by Crippen LogP contribution is -2.44. The van der Waals surface area contributed by atoms with Gasteiger partial charge in [0.1, 0.15) is 12.6 Å². The third kappa shape index (κ3) is 3.82. The Balaban J connectivity index is 2.02. The van der Waals surface area contributed by atoms with Crippen LogP contribution in [-0.4, -0.2) is 63.2 Å². The first-order chi connectivity index (χ1) is 10.5. The summed E-state index contributed by atoms with van der Waals surface area (Å²) in [7, 11) is 3.62. The van der Waals surface area contributed by atoms with Crippen molar-refractivity contribution in [1.29, 1.82) is 0 Å². The van der Waals surface area contributed by atoms with Crippen LogP contribution in [0.25, 0.3) is 0 Å². The van der Waals surface area contributed by atoms with Gasteiger partial charge in [-0.05, 0) is 38.4 Å². The van der Waals surface area contributed by atoms with Crippen LogP contribution < -0.4 is 16.0 Å².